The van der Waals surface area contributed by atoms with Crippen LogP contribution in [0.3, 0.4) is 0 Å². The third-order valence-electron chi connectivity index (χ3n) is 6.26. The first kappa shape index (κ1) is 30.7. The van der Waals surface area contributed by atoms with Crippen molar-refractivity contribution >= 4 is 62.1 Å². The molecule has 0 bridgehead atoms. The van der Waals surface area contributed by atoms with Crippen LogP contribution in [0, 0.1) is 0 Å². The number of likely N-dealkylation sites (N-methyl/N-ethyl adjacent to an activating group) is 1. The fraction of sp³-hybridized carbons (Fsp3) is 0.296. The van der Waals surface area contributed by atoms with E-state index in [9.17, 15) is 13.2 Å². The van der Waals surface area contributed by atoms with E-state index in [2.05, 4.69) is 53.5 Å². The van der Waals surface area contributed by atoms with Crippen molar-refractivity contribution in [2.75, 3.05) is 74.6 Å². The van der Waals surface area contributed by atoms with E-state index in [0.717, 1.165) is 38.1 Å². The van der Waals surface area contributed by atoms with E-state index >= 15 is 0 Å². The minimum absolute atomic E-state index is 0.182. The van der Waals surface area contributed by atoms with Crippen molar-refractivity contribution in [3.05, 3.63) is 60.0 Å². The molecule has 2 aromatic carbocycles. The van der Waals surface area contributed by atoms with Gasteiger partial charge in [0.15, 0.2) is 11.6 Å². The lowest BCUT2D eigenvalue weighted by atomic mass is 10.2. The SMILES string of the molecule is C=C(OS(C)(=O)=O)C(=O)Nc1ccc(OC)c(Nc2ncc(Cl)c(Nc3ccc(N4CCN(C)CC4)cc3OC)n2)c1. The number of carbonyl (C=O) groups excluding carboxylic acids is 1. The van der Waals surface area contributed by atoms with Crippen molar-refractivity contribution in [3.8, 4) is 11.5 Å². The Morgan fingerprint density at radius 2 is 1.71 bits per heavy atom. The third kappa shape index (κ3) is 7.93. The zero-order chi connectivity index (χ0) is 30.4. The molecule has 0 aliphatic carbocycles. The largest absolute Gasteiger partial charge is 0.495 e. The Bertz CT molecular complexity index is 1580. The molecule has 1 saturated heterocycles. The van der Waals surface area contributed by atoms with Crippen LogP contribution in [-0.2, 0) is 19.1 Å². The molecule has 0 spiro atoms. The molecule has 224 valence electrons. The fourth-order valence-corrected chi connectivity index (χ4v) is 4.69. The zero-order valence-corrected chi connectivity index (χ0v) is 25.2. The molecule has 1 fully saturated rings. The minimum Gasteiger partial charge on any atom is -0.495 e. The van der Waals surface area contributed by atoms with Crippen LogP contribution in [-0.4, -0.2) is 82.9 Å². The van der Waals surface area contributed by atoms with Gasteiger partial charge in [-0.1, -0.05) is 11.6 Å². The summed E-state index contributed by atoms with van der Waals surface area (Å²) in [5, 5.41) is 9.07. The molecule has 13 nitrogen and oxygen atoms in total. The quantitative estimate of drug-likeness (QED) is 0.163. The van der Waals surface area contributed by atoms with Crippen LogP contribution in [0.25, 0.3) is 0 Å². The standard InChI is InChI=1S/C27H32ClN7O6S/c1-17(41-42(5,37)38)26(36)30-18-6-9-23(39-3)22(14-18)32-27-29-16-20(28)25(33-27)31-21-8-7-19(15-24(21)40-4)35-12-10-34(2)11-13-35/h6-9,14-16H,1,10-13H2,2-5H3,(H,30,36)(H2,29,31,32,33). The molecule has 3 N–H and O–H groups in total. The Hall–Kier alpha value is -4.27. The Balaban J connectivity index is 1.52. The number of ether oxygens (including phenoxy) is 2. The van der Waals surface area contributed by atoms with Gasteiger partial charge in [0.2, 0.25) is 5.95 Å². The summed E-state index contributed by atoms with van der Waals surface area (Å²) in [6.45, 7) is 7.18. The summed E-state index contributed by atoms with van der Waals surface area (Å²) in [6, 6.07) is 10.6. The van der Waals surface area contributed by atoms with Crippen molar-refractivity contribution in [3.63, 3.8) is 0 Å². The van der Waals surface area contributed by atoms with Gasteiger partial charge < -0.3 is 39.4 Å². The highest BCUT2D eigenvalue weighted by atomic mass is 35.5. The van der Waals surface area contributed by atoms with Gasteiger partial charge in [-0.15, -0.1) is 0 Å². The van der Waals surface area contributed by atoms with Crippen LogP contribution in [0.5, 0.6) is 11.5 Å². The number of piperazine rings is 1. The molecule has 1 amide bonds. The van der Waals surface area contributed by atoms with Crippen LogP contribution in [0.15, 0.2) is 54.9 Å². The fourth-order valence-electron chi connectivity index (χ4n) is 4.11. The smallest absolute Gasteiger partial charge is 0.306 e. The van der Waals surface area contributed by atoms with E-state index in [4.69, 9.17) is 21.1 Å². The number of anilines is 6. The molecule has 1 aromatic heterocycles. The number of benzene rings is 2. The second-order valence-corrected chi connectivity index (χ2v) is 11.4. The van der Waals surface area contributed by atoms with Crippen LogP contribution in [0.2, 0.25) is 5.02 Å². The predicted molar refractivity (Wildman–Crippen MR) is 163 cm³/mol. The summed E-state index contributed by atoms with van der Waals surface area (Å²) in [4.78, 5) is 25.7. The maximum absolute atomic E-state index is 12.3. The highest BCUT2D eigenvalue weighted by Gasteiger charge is 2.18. The number of amides is 1. The van der Waals surface area contributed by atoms with Gasteiger partial charge in [0.1, 0.15) is 16.5 Å². The Labute approximate surface area is 249 Å². The van der Waals surface area contributed by atoms with Crippen LogP contribution < -0.4 is 30.3 Å². The lowest BCUT2D eigenvalue weighted by molar-refractivity contribution is -0.114. The van der Waals surface area contributed by atoms with E-state index in [-0.39, 0.29) is 11.0 Å². The maximum Gasteiger partial charge on any atom is 0.306 e. The van der Waals surface area contributed by atoms with Gasteiger partial charge in [0, 0.05) is 43.6 Å². The van der Waals surface area contributed by atoms with Crippen LogP contribution in [0.1, 0.15) is 0 Å². The minimum atomic E-state index is -3.90. The van der Waals surface area contributed by atoms with Gasteiger partial charge in [-0.25, -0.2) is 4.98 Å². The summed E-state index contributed by atoms with van der Waals surface area (Å²) < 4.78 is 38.2. The number of nitrogens with zero attached hydrogens (tertiary/aromatic N) is 4. The number of hydrogen-bond donors (Lipinski definition) is 3. The van der Waals surface area contributed by atoms with E-state index in [1.54, 1.807) is 25.3 Å². The molecule has 0 radical (unpaired) electrons. The van der Waals surface area contributed by atoms with Crippen LogP contribution >= 0.6 is 11.6 Å². The second kappa shape index (κ2) is 13.1. The number of methoxy groups -OCH3 is 2. The Morgan fingerprint density at radius 3 is 2.38 bits per heavy atom. The van der Waals surface area contributed by atoms with Crippen molar-refractivity contribution in [1.82, 2.24) is 14.9 Å². The first-order chi connectivity index (χ1) is 20.0. The number of rotatable bonds is 11. The number of carbonyl (C=O) groups is 1. The number of hydrogen-bond acceptors (Lipinski definition) is 12. The topological polar surface area (TPSA) is 147 Å². The average molecular weight is 618 g/mol. The third-order valence-corrected chi connectivity index (χ3v) is 7.04. The van der Waals surface area contributed by atoms with E-state index in [0.29, 0.717) is 34.4 Å². The van der Waals surface area contributed by atoms with Gasteiger partial charge in [0.25, 0.3) is 5.91 Å². The van der Waals surface area contributed by atoms with E-state index in [1.807, 2.05) is 18.2 Å². The zero-order valence-electron chi connectivity index (χ0n) is 23.6. The van der Waals surface area contributed by atoms with Gasteiger partial charge >= 0.3 is 10.1 Å². The average Bonchev–Trinajstić information content (AvgIpc) is 2.94. The molecule has 0 unspecified atom stereocenters. The summed E-state index contributed by atoms with van der Waals surface area (Å²) in [7, 11) is 1.29. The van der Waals surface area contributed by atoms with Crippen molar-refractivity contribution in [1.29, 1.82) is 0 Å². The van der Waals surface area contributed by atoms with E-state index in [1.165, 1.54) is 13.3 Å². The Morgan fingerprint density at radius 1 is 1.00 bits per heavy atom. The van der Waals surface area contributed by atoms with Crippen molar-refractivity contribution in [2.45, 2.75) is 0 Å². The summed E-state index contributed by atoms with van der Waals surface area (Å²) in [5.74, 6) is 0.152. The molecule has 1 aliphatic rings. The molecule has 42 heavy (non-hydrogen) atoms. The first-order valence-electron chi connectivity index (χ1n) is 12.7. The molecular formula is C27H32ClN7O6S. The molecule has 15 heteroatoms. The first-order valence-corrected chi connectivity index (χ1v) is 14.9. The highest BCUT2D eigenvalue weighted by molar-refractivity contribution is 7.86. The van der Waals surface area contributed by atoms with Crippen molar-refractivity contribution in [2.24, 2.45) is 0 Å². The predicted octanol–water partition coefficient (Wildman–Crippen LogP) is 3.81. The molecule has 3 aromatic rings. The normalized spacial score (nSPS) is 13.7. The lowest BCUT2D eigenvalue weighted by Crippen LogP contribution is -2.44. The van der Waals surface area contributed by atoms with Gasteiger partial charge in [-0.3, -0.25) is 4.79 Å². The molecule has 1 aliphatic heterocycles. The summed E-state index contributed by atoms with van der Waals surface area (Å²) in [6.07, 6.45) is 2.25. The van der Waals surface area contributed by atoms with Gasteiger partial charge in [-0.05, 0) is 44.0 Å². The van der Waals surface area contributed by atoms with Gasteiger partial charge in [-0.2, -0.15) is 13.4 Å². The number of halogens is 1. The number of nitrogens with one attached hydrogen (secondary N) is 3. The summed E-state index contributed by atoms with van der Waals surface area (Å²) >= 11 is 6.42. The lowest BCUT2D eigenvalue weighted by Gasteiger charge is -2.34. The molecular weight excluding hydrogens is 586 g/mol. The van der Waals surface area contributed by atoms with Crippen LogP contribution in [0.4, 0.5) is 34.5 Å². The van der Waals surface area contributed by atoms with E-state index < -0.39 is 21.8 Å². The maximum atomic E-state index is 12.3. The van der Waals surface area contributed by atoms with Crippen molar-refractivity contribution < 1.29 is 26.9 Å². The molecule has 0 atom stereocenters. The second-order valence-electron chi connectivity index (χ2n) is 9.39. The highest BCUT2D eigenvalue weighted by Crippen LogP contribution is 2.35. The Kier molecular flexibility index (Phi) is 9.60. The number of aromatic nitrogens is 2. The van der Waals surface area contributed by atoms with Gasteiger partial charge in [0.05, 0.1) is 38.0 Å². The molecule has 2 heterocycles. The molecule has 0 saturated carbocycles. The molecule has 4 rings (SSSR count). The summed E-state index contributed by atoms with van der Waals surface area (Å²) in [5.41, 5.74) is 2.44. The monoisotopic (exact) mass is 617 g/mol.